The topological polar surface area (TPSA) is 79.5 Å². The van der Waals surface area contributed by atoms with Gasteiger partial charge in [0.15, 0.2) is 5.78 Å². The molecular weight excluding hydrogens is 248 g/mol. The molecule has 0 radical (unpaired) electrons. The van der Waals surface area contributed by atoms with E-state index >= 15 is 0 Å². The van der Waals surface area contributed by atoms with Gasteiger partial charge in [0.25, 0.3) is 5.56 Å². The maximum Gasteiger partial charge on any atom is 0.343 e. The molecule has 0 aliphatic carbocycles. The summed E-state index contributed by atoms with van der Waals surface area (Å²) in [6.07, 6.45) is 2.95. The Labute approximate surface area is 110 Å². The highest BCUT2D eigenvalue weighted by molar-refractivity contribution is 6.06. The van der Waals surface area contributed by atoms with E-state index in [2.05, 4.69) is 9.72 Å². The van der Waals surface area contributed by atoms with Gasteiger partial charge in [-0.05, 0) is 13.0 Å². The van der Waals surface area contributed by atoms with Crippen LogP contribution in [0.1, 0.15) is 26.4 Å². The summed E-state index contributed by atoms with van der Waals surface area (Å²) >= 11 is 0. The molecule has 0 aliphatic rings. The summed E-state index contributed by atoms with van der Waals surface area (Å²) in [5.41, 5.74) is -0.0867. The first-order chi connectivity index (χ1) is 8.86. The third kappa shape index (κ3) is 3.54. The van der Waals surface area contributed by atoms with E-state index in [-0.39, 0.29) is 16.9 Å². The summed E-state index contributed by atoms with van der Waals surface area (Å²) in [6.45, 7) is 1.60. The second-order valence-electron chi connectivity index (χ2n) is 4.19. The summed E-state index contributed by atoms with van der Waals surface area (Å²) in [7, 11) is 4.74. The Morgan fingerprint density at radius 3 is 2.47 bits per heavy atom. The minimum atomic E-state index is -0.771. The van der Waals surface area contributed by atoms with E-state index in [9.17, 15) is 14.4 Å². The van der Waals surface area contributed by atoms with Crippen molar-refractivity contribution < 1.29 is 14.3 Å². The first kappa shape index (κ1) is 14.7. The molecule has 0 bridgehead atoms. The summed E-state index contributed by atoms with van der Waals surface area (Å²) in [5.74, 6) is -1.07. The molecule has 0 aliphatic heterocycles. The molecule has 1 heterocycles. The van der Waals surface area contributed by atoms with Crippen molar-refractivity contribution in [2.45, 2.75) is 6.92 Å². The molecule has 1 aromatic heterocycles. The van der Waals surface area contributed by atoms with Crippen LogP contribution >= 0.6 is 0 Å². The highest BCUT2D eigenvalue weighted by atomic mass is 16.5. The Hall–Kier alpha value is -2.37. The van der Waals surface area contributed by atoms with Crippen molar-refractivity contribution in [2.75, 3.05) is 21.2 Å². The van der Waals surface area contributed by atoms with E-state index in [4.69, 9.17) is 0 Å². The summed E-state index contributed by atoms with van der Waals surface area (Å²) < 4.78 is 4.49. The van der Waals surface area contributed by atoms with Crippen molar-refractivity contribution in [2.24, 2.45) is 0 Å². The molecule has 1 aromatic rings. The number of esters is 1. The highest BCUT2D eigenvalue weighted by Crippen LogP contribution is 2.08. The van der Waals surface area contributed by atoms with Crippen molar-refractivity contribution in [3.63, 3.8) is 0 Å². The van der Waals surface area contributed by atoms with Gasteiger partial charge in [-0.2, -0.15) is 0 Å². The minimum absolute atomic E-state index is 0.185. The lowest BCUT2D eigenvalue weighted by atomic mass is 10.1. The van der Waals surface area contributed by atoms with Crippen LogP contribution in [-0.4, -0.2) is 42.8 Å². The van der Waals surface area contributed by atoms with Crippen LogP contribution in [0.2, 0.25) is 0 Å². The number of aryl methyl sites for hydroxylation is 1. The normalized spacial score (nSPS) is 10.5. The number of aromatic nitrogens is 1. The highest BCUT2D eigenvalue weighted by Gasteiger charge is 2.16. The number of rotatable bonds is 4. The van der Waals surface area contributed by atoms with E-state index in [1.165, 1.54) is 19.3 Å². The zero-order valence-electron chi connectivity index (χ0n) is 11.3. The van der Waals surface area contributed by atoms with Gasteiger partial charge < -0.3 is 14.6 Å². The van der Waals surface area contributed by atoms with E-state index in [1.54, 1.807) is 32.1 Å². The number of hydrogen-bond acceptors (Lipinski definition) is 5. The summed E-state index contributed by atoms with van der Waals surface area (Å²) in [5, 5.41) is 0. The lowest BCUT2D eigenvalue weighted by Gasteiger charge is -2.06. The summed E-state index contributed by atoms with van der Waals surface area (Å²) in [6, 6.07) is 1.25. The van der Waals surface area contributed by atoms with Gasteiger partial charge in [0.2, 0.25) is 0 Å². The van der Waals surface area contributed by atoms with Gasteiger partial charge in [-0.3, -0.25) is 9.59 Å². The number of nitrogens with one attached hydrogen (secondary N) is 1. The zero-order valence-corrected chi connectivity index (χ0v) is 11.3. The smallest absolute Gasteiger partial charge is 0.343 e. The van der Waals surface area contributed by atoms with Crippen LogP contribution in [0.3, 0.4) is 0 Å². The molecule has 0 saturated heterocycles. The maximum absolute atomic E-state index is 12.0. The number of carbonyl (C=O) groups is 2. The quantitative estimate of drug-likeness (QED) is 0.492. The molecule has 0 spiro atoms. The number of nitrogens with zero attached hydrogens (tertiary/aromatic N) is 1. The fourth-order valence-electron chi connectivity index (χ4n) is 1.45. The fourth-order valence-corrected chi connectivity index (χ4v) is 1.45. The second-order valence-corrected chi connectivity index (χ2v) is 4.19. The molecule has 1 rings (SSSR count). The lowest BCUT2D eigenvalue weighted by Crippen LogP contribution is -2.21. The minimum Gasteiger partial charge on any atom is -0.465 e. The standard InChI is InChI=1S/C13H16N2O4/c1-8-9(11(16)5-6-15(2)3)7-10(12(17)14-8)13(18)19-4/h5-7H,1-4H3,(H,14,17)/b6-5+. The Balaban J connectivity index is 3.25. The molecule has 0 unspecified atom stereocenters. The maximum atomic E-state index is 12.0. The monoisotopic (exact) mass is 264 g/mol. The first-order valence-electron chi connectivity index (χ1n) is 5.58. The molecule has 6 nitrogen and oxygen atoms in total. The molecule has 6 heteroatoms. The van der Waals surface area contributed by atoms with Gasteiger partial charge in [0.1, 0.15) is 5.56 Å². The van der Waals surface area contributed by atoms with E-state index in [0.717, 1.165) is 0 Å². The van der Waals surface area contributed by atoms with Gasteiger partial charge >= 0.3 is 5.97 Å². The van der Waals surface area contributed by atoms with Crippen LogP contribution in [0, 0.1) is 6.92 Å². The molecule has 0 amide bonds. The average molecular weight is 264 g/mol. The number of allylic oxidation sites excluding steroid dienone is 1. The molecule has 0 aromatic carbocycles. The second kappa shape index (κ2) is 5.99. The van der Waals surface area contributed by atoms with Gasteiger partial charge in [-0.25, -0.2) is 4.79 Å². The number of aromatic amines is 1. The van der Waals surface area contributed by atoms with Crippen LogP contribution in [0.4, 0.5) is 0 Å². The largest absolute Gasteiger partial charge is 0.465 e. The van der Waals surface area contributed by atoms with Gasteiger partial charge in [0.05, 0.1) is 7.11 Å². The predicted octanol–water partition coefficient (Wildman–Crippen LogP) is 0.728. The van der Waals surface area contributed by atoms with Crippen LogP contribution in [0.5, 0.6) is 0 Å². The SMILES string of the molecule is COC(=O)c1cc(C(=O)/C=C/N(C)C)c(C)[nH]c1=O. The number of methoxy groups -OCH3 is 1. The number of ether oxygens (including phenoxy) is 1. The van der Waals surface area contributed by atoms with E-state index in [1.807, 2.05) is 0 Å². The fraction of sp³-hybridized carbons (Fsp3) is 0.308. The third-order valence-corrected chi connectivity index (χ3v) is 2.43. The summed E-state index contributed by atoms with van der Waals surface area (Å²) in [4.78, 5) is 39.1. The number of H-pyrrole nitrogens is 1. The van der Waals surface area contributed by atoms with Gasteiger partial charge in [-0.15, -0.1) is 0 Å². The van der Waals surface area contributed by atoms with Gasteiger partial charge in [0, 0.05) is 37.6 Å². The van der Waals surface area contributed by atoms with Crippen molar-refractivity contribution in [1.29, 1.82) is 0 Å². The Morgan fingerprint density at radius 1 is 1.32 bits per heavy atom. The number of hydrogen-bond donors (Lipinski definition) is 1. The first-order valence-corrected chi connectivity index (χ1v) is 5.58. The Morgan fingerprint density at radius 2 is 1.95 bits per heavy atom. The van der Waals surface area contributed by atoms with Crippen molar-refractivity contribution >= 4 is 11.8 Å². The van der Waals surface area contributed by atoms with Crippen LogP contribution in [0.25, 0.3) is 0 Å². The van der Waals surface area contributed by atoms with Crippen molar-refractivity contribution in [1.82, 2.24) is 9.88 Å². The lowest BCUT2D eigenvalue weighted by molar-refractivity contribution is 0.0598. The Kier molecular flexibility index (Phi) is 4.63. The third-order valence-electron chi connectivity index (χ3n) is 2.43. The molecule has 1 N–H and O–H groups in total. The van der Waals surface area contributed by atoms with Crippen LogP contribution in [-0.2, 0) is 4.74 Å². The molecule has 0 saturated carbocycles. The number of ketones is 1. The van der Waals surface area contributed by atoms with Gasteiger partial charge in [-0.1, -0.05) is 0 Å². The molecule has 19 heavy (non-hydrogen) atoms. The average Bonchev–Trinajstić information content (AvgIpc) is 2.35. The molecular formula is C13H16N2O4. The Bertz CT molecular complexity index is 585. The predicted molar refractivity (Wildman–Crippen MR) is 70.3 cm³/mol. The van der Waals surface area contributed by atoms with Crippen LogP contribution < -0.4 is 5.56 Å². The van der Waals surface area contributed by atoms with E-state index < -0.39 is 11.5 Å². The zero-order chi connectivity index (χ0) is 14.6. The van der Waals surface area contributed by atoms with Crippen LogP contribution in [0.15, 0.2) is 23.1 Å². The van der Waals surface area contributed by atoms with Crippen molar-refractivity contribution in [3.05, 3.63) is 45.5 Å². The molecule has 0 atom stereocenters. The van der Waals surface area contributed by atoms with E-state index in [0.29, 0.717) is 5.69 Å². The number of pyridine rings is 1. The van der Waals surface area contributed by atoms with Crippen molar-refractivity contribution in [3.8, 4) is 0 Å². The molecule has 102 valence electrons. The number of carbonyl (C=O) groups excluding carboxylic acids is 2. The molecule has 0 fully saturated rings.